The SMILES string of the molecule is CC(C)N1CC(CC(=O)N(C)C)C1. The summed E-state index contributed by atoms with van der Waals surface area (Å²) in [7, 11) is 3.64. The fraction of sp³-hybridized carbons (Fsp3) is 0.900. The number of carbonyl (C=O) groups is 1. The fourth-order valence-corrected chi connectivity index (χ4v) is 1.59. The van der Waals surface area contributed by atoms with Crippen LogP contribution in [0.3, 0.4) is 0 Å². The lowest BCUT2D eigenvalue weighted by Gasteiger charge is -2.42. The Labute approximate surface area is 80.7 Å². The van der Waals surface area contributed by atoms with Crippen LogP contribution in [-0.2, 0) is 4.79 Å². The molecule has 0 N–H and O–H groups in total. The summed E-state index contributed by atoms with van der Waals surface area (Å²) in [4.78, 5) is 15.4. The van der Waals surface area contributed by atoms with Gasteiger partial charge in [0.2, 0.25) is 5.91 Å². The molecule has 13 heavy (non-hydrogen) atoms. The average Bonchev–Trinajstić information content (AvgIpc) is 1.94. The second kappa shape index (κ2) is 4.09. The van der Waals surface area contributed by atoms with Gasteiger partial charge in [0.15, 0.2) is 0 Å². The first-order valence-corrected chi connectivity index (χ1v) is 4.95. The summed E-state index contributed by atoms with van der Waals surface area (Å²) in [5.41, 5.74) is 0. The smallest absolute Gasteiger partial charge is 0.222 e. The maximum absolute atomic E-state index is 11.3. The molecule has 3 heteroatoms. The lowest BCUT2D eigenvalue weighted by atomic mass is 9.94. The standard InChI is InChI=1S/C10H20N2O/c1-8(2)12-6-9(7-12)5-10(13)11(3)4/h8-9H,5-7H2,1-4H3. The molecule has 76 valence electrons. The van der Waals surface area contributed by atoms with Gasteiger partial charge < -0.3 is 9.80 Å². The highest BCUT2D eigenvalue weighted by Gasteiger charge is 2.30. The summed E-state index contributed by atoms with van der Waals surface area (Å²) >= 11 is 0. The lowest BCUT2D eigenvalue weighted by Crippen LogP contribution is -2.51. The molecule has 1 fully saturated rings. The summed E-state index contributed by atoms with van der Waals surface area (Å²) < 4.78 is 0. The van der Waals surface area contributed by atoms with Crippen molar-refractivity contribution in [1.29, 1.82) is 0 Å². The number of carbonyl (C=O) groups excluding carboxylic acids is 1. The lowest BCUT2D eigenvalue weighted by molar-refractivity contribution is -0.131. The number of likely N-dealkylation sites (tertiary alicyclic amines) is 1. The van der Waals surface area contributed by atoms with Crippen LogP contribution >= 0.6 is 0 Å². The highest BCUT2D eigenvalue weighted by atomic mass is 16.2. The second-order valence-electron chi connectivity index (χ2n) is 4.41. The minimum atomic E-state index is 0.258. The Kier molecular flexibility index (Phi) is 3.31. The quantitative estimate of drug-likeness (QED) is 0.648. The Bertz CT molecular complexity index is 183. The van der Waals surface area contributed by atoms with Crippen LogP contribution in [0, 0.1) is 5.92 Å². The van der Waals surface area contributed by atoms with Gasteiger partial charge in [-0.05, 0) is 19.8 Å². The Hall–Kier alpha value is -0.570. The van der Waals surface area contributed by atoms with Gasteiger partial charge >= 0.3 is 0 Å². The molecule has 1 rings (SSSR count). The van der Waals surface area contributed by atoms with Crippen LogP contribution in [0.25, 0.3) is 0 Å². The maximum Gasteiger partial charge on any atom is 0.222 e. The van der Waals surface area contributed by atoms with Gasteiger partial charge in [0, 0.05) is 39.6 Å². The molecule has 0 aromatic heterocycles. The van der Waals surface area contributed by atoms with Gasteiger partial charge in [-0.15, -0.1) is 0 Å². The summed E-state index contributed by atoms with van der Waals surface area (Å²) in [6.45, 7) is 6.59. The molecule has 1 aliphatic rings. The van der Waals surface area contributed by atoms with Crippen molar-refractivity contribution in [3.8, 4) is 0 Å². The zero-order valence-corrected chi connectivity index (χ0v) is 9.08. The third-order valence-corrected chi connectivity index (χ3v) is 2.68. The van der Waals surface area contributed by atoms with Gasteiger partial charge in [0.05, 0.1) is 0 Å². The van der Waals surface area contributed by atoms with E-state index in [-0.39, 0.29) is 5.91 Å². The van der Waals surface area contributed by atoms with Crippen molar-refractivity contribution in [2.45, 2.75) is 26.3 Å². The van der Waals surface area contributed by atoms with E-state index in [2.05, 4.69) is 18.7 Å². The first kappa shape index (κ1) is 10.5. The Morgan fingerprint density at radius 1 is 1.46 bits per heavy atom. The molecule has 1 amide bonds. The number of hydrogen-bond acceptors (Lipinski definition) is 2. The second-order valence-corrected chi connectivity index (χ2v) is 4.41. The number of hydrogen-bond donors (Lipinski definition) is 0. The van der Waals surface area contributed by atoms with Gasteiger partial charge in [-0.1, -0.05) is 0 Å². The van der Waals surface area contributed by atoms with Crippen molar-refractivity contribution in [3.05, 3.63) is 0 Å². The van der Waals surface area contributed by atoms with Crippen molar-refractivity contribution in [1.82, 2.24) is 9.80 Å². The molecule has 0 aliphatic carbocycles. The third kappa shape index (κ3) is 2.69. The Morgan fingerprint density at radius 3 is 2.38 bits per heavy atom. The van der Waals surface area contributed by atoms with Crippen LogP contribution in [0.1, 0.15) is 20.3 Å². The van der Waals surface area contributed by atoms with Crippen LogP contribution in [-0.4, -0.2) is 48.9 Å². The van der Waals surface area contributed by atoms with Crippen molar-refractivity contribution >= 4 is 5.91 Å². The van der Waals surface area contributed by atoms with Gasteiger partial charge in [0.25, 0.3) is 0 Å². The van der Waals surface area contributed by atoms with E-state index in [9.17, 15) is 4.79 Å². The van der Waals surface area contributed by atoms with E-state index < -0.39 is 0 Å². The average molecular weight is 184 g/mol. The number of nitrogens with zero attached hydrogens (tertiary/aromatic N) is 2. The van der Waals surface area contributed by atoms with E-state index in [1.165, 1.54) is 0 Å². The van der Waals surface area contributed by atoms with E-state index >= 15 is 0 Å². The largest absolute Gasteiger partial charge is 0.349 e. The molecular formula is C10H20N2O. The number of amides is 1. The summed E-state index contributed by atoms with van der Waals surface area (Å²) in [6, 6.07) is 0.630. The molecule has 0 spiro atoms. The molecule has 1 aliphatic heterocycles. The highest BCUT2D eigenvalue weighted by Crippen LogP contribution is 2.21. The molecule has 0 radical (unpaired) electrons. The first-order valence-electron chi connectivity index (χ1n) is 4.95. The molecule has 0 aromatic carbocycles. The van der Waals surface area contributed by atoms with Crippen LogP contribution in [0.2, 0.25) is 0 Å². The highest BCUT2D eigenvalue weighted by molar-refractivity contribution is 5.75. The van der Waals surface area contributed by atoms with Gasteiger partial charge in [-0.25, -0.2) is 0 Å². The van der Waals surface area contributed by atoms with Crippen molar-refractivity contribution in [2.24, 2.45) is 5.92 Å². The van der Waals surface area contributed by atoms with Gasteiger partial charge in [0.1, 0.15) is 0 Å². The molecule has 3 nitrogen and oxygen atoms in total. The van der Waals surface area contributed by atoms with E-state index in [0.29, 0.717) is 12.0 Å². The summed E-state index contributed by atoms with van der Waals surface area (Å²) in [5, 5.41) is 0. The van der Waals surface area contributed by atoms with E-state index in [1.54, 1.807) is 4.90 Å². The summed E-state index contributed by atoms with van der Waals surface area (Å²) in [5.74, 6) is 0.853. The monoisotopic (exact) mass is 184 g/mol. The normalized spacial score (nSPS) is 18.8. The molecule has 0 atom stereocenters. The predicted molar refractivity (Wildman–Crippen MR) is 53.5 cm³/mol. The molecule has 0 bridgehead atoms. The molecular weight excluding hydrogens is 164 g/mol. The zero-order valence-electron chi connectivity index (χ0n) is 9.08. The first-order chi connectivity index (χ1) is 6.00. The van der Waals surface area contributed by atoms with Crippen LogP contribution in [0.4, 0.5) is 0 Å². The van der Waals surface area contributed by atoms with Crippen LogP contribution < -0.4 is 0 Å². The van der Waals surface area contributed by atoms with E-state index in [1.807, 2.05) is 14.1 Å². The predicted octanol–water partition coefficient (Wildman–Crippen LogP) is 0.805. The Morgan fingerprint density at radius 2 is 2.00 bits per heavy atom. The van der Waals surface area contributed by atoms with Crippen molar-refractivity contribution in [2.75, 3.05) is 27.2 Å². The maximum atomic E-state index is 11.3. The van der Waals surface area contributed by atoms with Gasteiger partial charge in [-0.3, -0.25) is 4.79 Å². The van der Waals surface area contributed by atoms with Gasteiger partial charge in [-0.2, -0.15) is 0 Å². The molecule has 0 aromatic rings. The minimum absolute atomic E-state index is 0.258. The number of rotatable bonds is 3. The van der Waals surface area contributed by atoms with E-state index in [4.69, 9.17) is 0 Å². The molecule has 0 unspecified atom stereocenters. The van der Waals surface area contributed by atoms with E-state index in [0.717, 1.165) is 19.5 Å². The molecule has 1 saturated heterocycles. The van der Waals surface area contributed by atoms with Crippen LogP contribution in [0.15, 0.2) is 0 Å². The fourth-order valence-electron chi connectivity index (χ4n) is 1.59. The Balaban J connectivity index is 2.18. The zero-order chi connectivity index (χ0) is 10.0. The van der Waals surface area contributed by atoms with Crippen molar-refractivity contribution < 1.29 is 4.79 Å². The minimum Gasteiger partial charge on any atom is -0.349 e. The van der Waals surface area contributed by atoms with Crippen molar-refractivity contribution in [3.63, 3.8) is 0 Å². The third-order valence-electron chi connectivity index (χ3n) is 2.68. The summed E-state index contributed by atoms with van der Waals surface area (Å²) in [6.07, 6.45) is 0.718. The molecule has 0 saturated carbocycles. The topological polar surface area (TPSA) is 23.6 Å². The molecule has 1 heterocycles. The van der Waals surface area contributed by atoms with Crippen LogP contribution in [0.5, 0.6) is 0 Å².